The minimum Gasteiger partial charge on any atom is -0.442 e. The number of hydrogen-bond donors (Lipinski definition) is 2. The van der Waals surface area contributed by atoms with Gasteiger partial charge in [-0.15, -0.1) is 11.8 Å². The summed E-state index contributed by atoms with van der Waals surface area (Å²) in [6.07, 6.45) is 1.10. The summed E-state index contributed by atoms with van der Waals surface area (Å²) in [7, 11) is 0. The van der Waals surface area contributed by atoms with Gasteiger partial charge in [-0.1, -0.05) is 0 Å². The van der Waals surface area contributed by atoms with Crippen molar-refractivity contribution in [2.45, 2.75) is 36.0 Å². The number of halogens is 1. The van der Waals surface area contributed by atoms with E-state index >= 15 is 0 Å². The fourth-order valence-corrected chi connectivity index (χ4v) is 4.09. The summed E-state index contributed by atoms with van der Waals surface area (Å²) >= 11 is 1.56. The lowest BCUT2D eigenvalue weighted by Crippen LogP contribution is -2.33. The highest BCUT2D eigenvalue weighted by Gasteiger charge is 2.32. The molecule has 136 valence electrons. The molecule has 2 saturated heterocycles. The number of amides is 2. The molecule has 0 aliphatic carbocycles. The Morgan fingerprint density at radius 2 is 2.20 bits per heavy atom. The average Bonchev–Trinajstić information content (AvgIpc) is 2.97. The van der Waals surface area contributed by atoms with Crippen LogP contribution in [0, 0.1) is 5.82 Å². The predicted molar refractivity (Wildman–Crippen MR) is 94.4 cm³/mol. The van der Waals surface area contributed by atoms with Crippen molar-refractivity contribution in [1.82, 2.24) is 10.6 Å². The molecule has 0 saturated carbocycles. The van der Waals surface area contributed by atoms with Gasteiger partial charge in [-0.3, -0.25) is 9.69 Å². The Labute approximate surface area is 150 Å². The zero-order chi connectivity index (χ0) is 17.8. The number of thioether (sulfide) groups is 1. The molecule has 3 rings (SSSR count). The van der Waals surface area contributed by atoms with Gasteiger partial charge in [0, 0.05) is 17.1 Å². The van der Waals surface area contributed by atoms with Gasteiger partial charge in [0.15, 0.2) is 0 Å². The van der Waals surface area contributed by atoms with Gasteiger partial charge in [0.05, 0.1) is 18.8 Å². The van der Waals surface area contributed by atoms with Gasteiger partial charge in [0.1, 0.15) is 11.9 Å². The summed E-state index contributed by atoms with van der Waals surface area (Å²) in [6.45, 7) is 3.88. The highest BCUT2D eigenvalue weighted by Crippen LogP contribution is 2.33. The van der Waals surface area contributed by atoms with E-state index in [0.29, 0.717) is 22.4 Å². The Hall–Kier alpha value is -1.80. The number of ether oxygens (including phenoxy) is 1. The van der Waals surface area contributed by atoms with Crippen LogP contribution in [0.3, 0.4) is 0 Å². The number of hydrogen-bond acceptors (Lipinski definition) is 5. The van der Waals surface area contributed by atoms with Crippen LogP contribution in [-0.2, 0) is 9.53 Å². The molecule has 1 aromatic carbocycles. The molecule has 25 heavy (non-hydrogen) atoms. The average molecular weight is 367 g/mol. The molecule has 2 amide bonds. The van der Waals surface area contributed by atoms with Crippen molar-refractivity contribution in [3.05, 3.63) is 24.0 Å². The Balaban J connectivity index is 1.63. The van der Waals surface area contributed by atoms with E-state index in [0.717, 1.165) is 25.9 Å². The first-order valence-electron chi connectivity index (χ1n) is 8.42. The van der Waals surface area contributed by atoms with E-state index in [4.69, 9.17) is 4.74 Å². The van der Waals surface area contributed by atoms with Crippen LogP contribution < -0.4 is 15.5 Å². The number of cyclic esters (lactones) is 1. The largest absolute Gasteiger partial charge is 0.442 e. The highest BCUT2D eigenvalue weighted by molar-refractivity contribution is 8.00. The fourth-order valence-electron chi connectivity index (χ4n) is 2.94. The molecule has 2 aliphatic heterocycles. The van der Waals surface area contributed by atoms with Gasteiger partial charge in [-0.25, -0.2) is 9.18 Å². The van der Waals surface area contributed by atoms with Crippen LogP contribution in [0.25, 0.3) is 0 Å². The molecule has 2 fully saturated rings. The normalized spacial score (nSPS) is 21.3. The van der Waals surface area contributed by atoms with E-state index in [-0.39, 0.29) is 18.3 Å². The second-order valence-corrected chi connectivity index (χ2v) is 7.58. The van der Waals surface area contributed by atoms with E-state index in [2.05, 4.69) is 10.6 Å². The molecule has 1 atom stereocenters. The third-order valence-corrected chi connectivity index (χ3v) is 5.65. The van der Waals surface area contributed by atoms with Crippen molar-refractivity contribution in [3.63, 3.8) is 0 Å². The lowest BCUT2D eigenvalue weighted by molar-refractivity contribution is -0.119. The summed E-state index contributed by atoms with van der Waals surface area (Å²) in [5.41, 5.74) is 0.475. The molecular weight excluding hydrogens is 345 g/mol. The number of nitrogens with one attached hydrogen (secondary N) is 2. The minimum absolute atomic E-state index is 0.181. The van der Waals surface area contributed by atoms with Gasteiger partial charge < -0.3 is 15.4 Å². The van der Waals surface area contributed by atoms with Crippen LogP contribution in [0.4, 0.5) is 14.9 Å². The molecule has 0 unspecified atom stereocenters. The second kappa shape index (κ2) is 8.05. The second-order valence-electron chi connectivity index (χ2n) is 6.24. The standard InChI is InChI=1S/C17H22FN3O3S/c1-11(22)20-9-13-10-21(17(23)24-13)12-2-3-16(15(18)8-12)25-14-4-6-19-7-5-14/h2-3,8,13-14,19H,4-7,9-10H2,1H3,(H,20,22)/t13-/m0/s1. The van der Waals surface area contributed by atoms with E-state index in [1.54, 1.807) is 23.9 Å². The molecule has 0 aromatic heterocycles. The topological polar surface area (TPSA) is 70.7 Å². The zero-order valence-electron chi connectivity index (χ0n) is 14.1. The third kappa shape index (κ3) is 4.64. The third-order valence-electron chi connectivity index (χ3n) is 4.26. The number of benzene rings is 1. The Bertz CT molecular complexity index is 652. The van der Waals surface area contributed by atoms with Gasteiger partial charge in [0.2, 0.25) is 5.91 Å². The Morgan fingerprint density at radius 3 is 2.88 bits per heavy atom. The fraction of sp³-hybridized carbons (Fsp3) is 0.529. The lowest BCUT2D eigenvalue weighted by Gasteiger charge is -2.22. The Kier molecular flexibility index (Phi) is 5.80. The van der Waals surface area contributed by atoms with Gasteiger partial charge in [-0.05, 0) is 44.1 Å². The number of carbonyl (C=O) groups excluding carboxylic acids is 2. The SMILES string of the molecule is CC(=O)NC[C@H]1CN(c2ccc(SC3CCNCC3)c(F)c2)C(=O)O1. The molecule has 8 heteroatoms. The molecule has 0 bridgehead atoms. The van der Waals surface area contributed by atoms with Crippen LogP contribution in [0.2, 0.25) is 0 Å². The summed E-state index contributed by atoms with van der Waals surface area (Å²) in [4.78, 5) is 25.0. The summed E-state index contributed by atoms with van der Waals surface area (Å²) in [5, 5.41) is 6.33. The maximum Gasteiger partial charge on any atom is 0.414 e. The van der Waals surface area contributed by atoms with Crippen LogP contribution in [0.1, 0.15) is 19.8 Å². The first-order chi connectivity index (χ1) is 12.0. The number of nitrogens with zero attached hydrogens (tertiary/aromatic N) is 1. The number of carbonyl (C=O) groups is 2. The van der Waals surface area contributed by atoms with Crippen molar-refractivity contribution in [1.29, 1.82) is 0 Å². The van der Waals surface area contributed by atoms with Crippen molar-refractivity contribution >= 4 is 29.4 Å². The summed E-state index contributed by atoms with van der Waals surface area (Å²) in [6, 6.07) is 4.85. The van der Waals surface area contributed by atoms with E-state index in [9.17, 15) is 14.0 Å². The predicted octanol–water partition coefficient (Wildman–Crippen LogP) is 2.13. The molecule has 1 aromatic rings. The van der Waals surface area contributed by atoms with Gasteiger partial charge >= 0.3 is 6.09 Å². The maximum atomic E-state index is 14.5. The van der Waals surface area contributed by atoms with Gasteiger partial charge in [-0.2, -0.15) is 0 Å². The van der Waals surface area contributed by atoms with Crippen molar-refractivity contribution in [2.75, 3.05) is 31.1 Å². The van der Waals surface area contributed by atoms with Gasteiger partial charge in [0.25, 0.3) is 0 Å². The first kappa shape index (κ1) is 18.0. The number of anilines is 1. The molecule has 2 N–H and O–H groups in total. The van der Waals surface area contributed by atoms with Crippen LogP contribution >= 0.6 is 11.8 Å². The van der Waals surface area contributed by atoms with E-state index < -0.39 is 12.2 Å². The minimum atomic E-state index is -0.520. The number of rotatable bonds is 5. The molecule has 2 aliphatic rings. The number of piperidine rings is 1. The van der Waals surface area contributed by atoms with Crippen LogP contribution in [-0.4, -0.2) is 49.5 Å². The molecule has 0 spiro atoms. The van der Waals surface area contributed by atoms with Crippen molar-refractivity contribution in [3.8, 4) is 0 Å². The zero-order valence-corrected chi connectivity index (χ0v) is 14.9. The molecule has 2 heterocycles. The van der Waals surface area contributed by atoms with Crippen molar-refractivity contribution < 1.29 is 18.7 Å². The lowest BCUT2D eigenvalue weighted by atomic mass is 10.2. The summed E-state index contributed by atoms with van der Waals surface area (Å²) in [5.74, 6) is -0.501. The smallest absolute Gasteiger partial charge is 0.414 e. The van der Waals surface area contributed by atoms with E-state index in [1.807, 2.05) is 0 Å². The van der Waals surface area contributed by atoms with Crippen LogP contribution in [0.5, 0.6) is 0 Å². The highest BCUT2D eigenvalue weighted by atomic mass is 32.2. The molecule has 6 nitrogen and oxygen atoms in total. The quantitative estimate of drug-likeness (QED) is 0.834. The Morgan fingerprint density at radius 1 is 1.44 bits per heavy atom. The van der Waals surface area contributed by atoms with Crippen LogP contribution in [0.15, 0.2) is 23.1 Å². The molecular formula is C17H22FN3O3S. The van der Waals surface area contributed by atoms with Crippen molar-refractivity contribution in [2.24, 2.45) is 0 Å². The monoisotopic (exact) mass is 367 g/mol. The first-order valence-corrected chi connectivity index (χ1v) is 9.30. The van der Waals surface area contributed by atoms with E-state index in [1.165, 1.54) is 17.9 Å². The summed E-state index contributed by atoms with van der Waals surface area (Å²) < 4.78 is 19.7. The molecule has 0 radical (unpaired) electrons. The maximum absolute atomic E-state index is 14.5.